The van der Waals surface area contributed by atoms with Gasteiger partial charge in [0, 0.05) is 50.8 Å². The molecule has 0 spiro atoms. The van der Waals surface area contributed by atoms with Crippen molar-refractivity contribution in [1.29, 1.82) is 0 Å². The fourth-order valence-electron chi connectivity index (χ4n) is 4.46. The summed E-state index contributed by atoms with van der Waals surface area (Å²) in [5, 5.41) is 15.2. The van der Waals surface area contributed by atoms with E-state index in [1.165, 1.54) is 15.9 Å². The number of aliphatic carboxylic acids is 1. The summed E-state index contributed by atoms with van der Waals surface area (Å²) in [6.07, 6.45) is -0.870. The fourth-order valence-corrected chi connectivity index (χ4v) is 4.46. The van der Waals surface area contributed by atoms with Crippen molar-refractivity contribution in [3.05, 3.63) is 78.0 Å². The molecule has 1 aliphatic rings. The van der Waals surface area contributed by atoms with E-state index in [0.717, 1.165) is 5.56 Å². The Kier molecular flexibility index (Phi) is 14.0. The summed E-state index contributed by atoms with van der Waals surface area (Å²) >= 11 is 0. The molecule has 1 saturated heterocycles. The van der Waals surface area contributed by atoms with Crippen LogP contribution in [-0.2, 0) is 31.0 Å². The molecular formula is C31H35F3N6O9S. The highest BCUT2D eigenvalue weighted by Gasteiger charge is 2.44. The summed E-state index contributed by atoms with van der Waals surface area (Å²) in [6.45, 7) is 3.44. The number of hydrogen-bond donors (Lipinski definition) is 4. The minimum Gasteiger partial charge on any atom is -0.481 e. The zero-order valence-electron chi connectivity index (χ0n) is 26.7. The number of ether oxygens (including phenoxy) is 1. The molecule has 4 rings (SSSR count). The molecule has 2 aromatic carbocycles. The minimum absolute atomic E-state index is 0.0275. The van der Waals surface area contributed by atoms with Gasteiger partial charge in [-0.3, -0.25) is 18.9 Å². The van der Waals surface area contributed by atoms with Crippen LogP contribution in [0.2, 0.25) is 0 Å². The van der Waals surface area contributed by atoms with Gasteiger partial charge in [-0.25, -0.2) is 14.8 Å². The lowest BCUT2D eigenvalue weighted by atomic mass is 10.1. The third-order valence-electron chi connectivity index (χ3n) is 6.97. The Bertz CT molecular complexity index is 1720. The van der Waals surface area contributed by atoms with Crippen LogP contribution in [0.15, 0.2) is 66.7 Å². The zero-order chi connectivity index (χ0) is 36.9. The smallest absolute Gasteiger partial charge is 0.481 e. The van der Waals surface area contributed by atoms with Crippen LogP contribution in [0.5, 0.6) is 0 Å². The number of nitrogens with zero attached hydrogens (tertiary/aromatic N) is 4. The number of amides is 3. The van der Waals surface area contributed by atoms with Gasteiger partial charge in [-0.1, -0.05) is 60.7 Å². The van der Waals surface area contributed by atoms with Gasteiger partial charge in [-0.05, 0) is 18.9 Å². The van der Waals surface area contributed by atoms with Crippen molar-refractivity contribution >= 4 is 39.8 Å². The largest absolute Gasteiger partial charge is 0.522 e. The number of halogens is 3. The van der Waals surface area contributed by atoms with Crippen LogP contribution in [0.25, 0.3) is 11.4 Å². The number of rotatable bonds is 11. The highest BCUT2D eigenvalue weighted by atomic mass is 32.2. The Morgan fingerprint density at radius 3 is 2.04 bits per heavy atom. The third-order valence-corrected chi connectivity index (χ3v) is 7.55. The first-order valence-corrected chi connectivity index (χ1v) is 16.5. The molecule has 0 aliphatic carbocycles. The Hall–Kier alpha value is -5.30. The summed E-state index contributed by atoms with van der Waals surface area (Å²) < 4.78 is 62.6. The standard InChI is InChI=1S/C30H34N6O6.CHF3O3S/c1-2-42-30(41)36-17-15-35(16-18-36)29(40)23(13-14-26(37)38)33-28(39)24-19-25(31-20-21-9-5-3-6-10-21)34-27(32-24)22-11-7-4-8-12-22;2-1(3,4)8(5,6)7/h3-12,19,23H,2,13-18,20H2,1H3,(H,33,39)(H,37,38)(H,31,32,34);(H,5,6,7)/t23-;/m0./s1. The summed E-state index contributed by atoms with van der Waals surface area (Å²) in [5.41, 5.74) is -3.79. The molecule has 0 bridgehead atoms. The molecule has 3 aromatic rings. The van der Waals surface area contributed by atoms with Gasteiger partial charge in [-0.15, -0.1) is 0 Å². The average molecular weight is 725 g/mol. The molecule has 50 heavy (non-hydrogen) atoms. The molecule has 270 valence electrons. The summed E-state index contributed by atoms with van der Waals surface area (Å²) in [4.78, 5) is 62.4. The molecule has 0 unspecified atom stereocenters. The maximum absolute atomic E-state index is 13.5. The van der Waals surface area contributed by atoms with Crippen LogP contribution in [0.3, 0.4) is 0 Å². The molecule has 1 fully saturated rings. The third kappa shape index (κ3) is 12.0. The number of hydrogen-bond acceptors (Lipinski definition) is 10. The van der Waals surface area contributed by atoms with Crippen molar-refractivity contribution in [3.8, 4) is 11.4 Å². The second kappa shape index (κ2) is 17.9. The number of piperazine rings is 1. The van der Waals surface area contributed by atoms with Gasteiger partial charge in [0.1, 0.15) is 17.6 Å². The van der Waals surface area contributed by atoms with Gasteiger partial charge < -0.3 is 30.3 Å². The predicted octanol–water partition coefficient (Wildman–Crippen LogP) is 3.41. The SMILES string of the molecule is CCOC(=O)N1CCN(C(=O)[C@H](CCC(=O)O)NC(=O)c2cc(NCc3ccccc3)nc(-c3ccccc3)n2)CC1.O=S(=O)(O)C(F)(F)F. The van der Waals surface area contributed by atoms with Gasteiger partial charge >= 0.3 is 27.7 Å². The molecule has 15 nitrogen and oxygen atoms in total. The molecule has 2 heterocycles. The number of carbonyl (C=O) groups is 4. The van der Waals surface area contributed by atoms with Crippen molar-refractivity contribution in [2.24, 2.45) is 0 Å². The first kappa shape index (κ1) is 39.1. The number of carbonyl (C=O) groups excluding carboxylic acids is 3. The van der Waals surface area contributed by atoms with Gasteiger partial charge in [0.05, 0.1) is 6.61 Å². The molecule has 0 saturated carbocycles. The van der Waals surface area contributed by atoms with Crippen LogP contribution < -0.4 is 10.6 Å². The Balaban J connectivity index is 0.000000753. The monoisotopic (exact) mass is 724 g/mol. The minimum atomic E-state index is -5.84. The van der Waals surface area contributed by atoms with Gasteiger partial charge in [0.25, 0.3) is 5.91 Å². The quantitative estimate of drug-likeness (QED) is 0.166. The number of anilines is 1. The first-order valence-electron chi connectivity index (χ1n) is 15.1. The normalized spacial score (nSPS) is 13.7. The van der Waals surface area contributed by atoms with Crippen LogP contribution in [0, 0.1) is 0 Å². The number of alkyl halides is 3. The lowest BCUT2D eigenvalue weighted by molar-refractivity contribution is -0.138. The van der Waals surface area contributed by atoms with E-state index in [9.17, 15) is 37.5 Å². The highest BCUT2D eigenvalue weighted by Crippen LogP contribution is 2.21. The van der Waals surface area contributed by atoms with E-state index < -0.39 is 45.5 Å². The van der Waals surface area contributed by atoms with Gasteiger partial charge in [0.15, 0.2) is 5.82 Å². The molecular weight excluding hydrogens is 689 g/mol. The number of carboxylic acids is 1. The van der Waals surface area contributed by atoms with Gasteiger partial charge in [0.2, 0.25) is 5.91 Å². The molecule has 19 heteroatoms. The molecule has 3 amide bonds. The summed E-state index contributed by atoms with van der Waals surface area (Å²) in [6, 6.07) is 19.3. The summed E-state index contributed by atoms with van der Waals surface area (Å²) in [5.74, 6) is -1.40. The highest BCUT2D eigenvalue weighted by molar-refractivity contribution is 7.86. The molecule has 1 aromatic heterocycles. The first-order chi connectivity index (χ1) is 23.6. The van der Waals surface area contributed by atoms with E-state index in [-0.39, 0.29) is 51.3 Å². The van der Waals surface area contributed by atoms with E-state index in [1.54, 1.807) is 6.92 Å². The fraction of sp³-hybridized carbons (Fsp3) is 0.355. The van der Waals surface area contributed by atoms with Crippen molar-refractivity contribution in [1.82, 2.24) is 25.1 Å². The van der Waals surface area contributed by atoms with E-state index in [2.05, 4.69) is 20.6 Å². The van der Waals surface area contributed by atoms with Gasteiger partial charge in [-0.2, -0.15) is 21.6 Å². The summed E-state index contributed by atoms with van der Waals surface area (Å²) in [7, 11) is -5.84. The second-order valence-corrected chi connectivity index (χ2v) is 12.0. The average Bonchev–Trinajstić information content (AvgIpc) is 3.09. The number of aromatic nitrogens is 2. The lowest BCUT2D eigenvalue weighted by Gasteiger charge is -2.35. The van der Waals surface area contributed by atoms with Crippen molar-refractivity contribution in [3.63, 3.8) is 0 Å². The lowest BCUT2D eigenvalue weighted by Crippen LogP contribution is -2.56. The van der Waals surface area contributed by atoms with E-state index in [0.29, 0.717) is 23.8 Å². The molecule has 1 aliphatic heterocycles. The van der Waals surface area contributed by atoms with Crippen LogP contribution in [-0.4, -0.2) is 106 Å². The van der Waals surface area contributed by atoms with E-state index >= 15 is 0 Å². The Labute approximate surface area is 285 Å². The second-order valence-electron chi connectivity index (χ2n) is 10.6. The number of nitrogens with one attached hydrogen (secondary N) is 2. The Morgan fingerprint density at radius 2 is 1.50 bits per heavy atom. The van der Waals surface area contributed by atoms with Crippen LogP contribution >= 0.6 is 0 Å². The topological polar surface area (TPSA) is 208 Å². The maximum Gasteiger partial charge on any atom is 0.522 e. The molecule has 0 radical (unpaired) electrons. The van der Waals surface area contributed by atoms with Crippen LogP contribution in [0.1, 0.15) is 35.8 Å². The van der Waals surface area contributed by atoms with Crippen LogP contribution in [0.4, 0.5) is 23.8 Å². The van der Waals surface area contributed by atoms with Crippen molar-refractivity contribution in [2.45, 2.75) is 37.9 Å². The number of benzene rings is 2. The Morgan fingerprint density at radius 1 is 0.940 bits per heavy atom. The zero-order valence-corrected chi connectivity index (χ0v) is 27.5. The van der Waals surface area contributed by atoms with E-state index in [4.69, 9.17) is 17.7 Å². The van der Waals surface area contributed by atoms with E-state index in [1.807, 2.05) is 60.7 Å². The maximum atomic E-state index is 13.5. The molecule has 4 N–H and O–H groups in total. The van der Waals surface area contributed by atoms with Crippen molar-refractivity contribution in [2.75, 3.05) is 38.1 Å². The molecule has 1 atom stereocenters. The predicted molar refractivity (Wildman–Crippen MR) is 172 cm³/mol. The van der Waals surface area contributed by atoms with Crippen molar-refractivity contribution < 1.29 is 55.2 Å². The number of carboxylic acid groups (broad SMARTS) is 1.